The molecule has 1 saturated carbocycles. The third-order valence-corrected chi connectivity index (χ3v) is 5.51. The summed E-state index contributed by atoms with van der Waals surface area (Å²) in [6.45, 7) is 3.16. The van der Waals surface area contributed by atoms with E-state index in [1.165, 1.54) is 6.92 Å². The highest BCUT2D eigenvalue weighted by Gasteiger charge is 2.52. The number of hydrogen-bond donors (Lipinski definition) is 1. The van der Waals surface area contributed by atoms with Crippen LogP contribution in [0.5, 0.6) is 0 Å². The van der Waals surface area contributed by atoms with Gasteiger partial charge in [-0.25, -0.2) is 0 Å². The molecule has 2 aromatic rings. The zero-order chi connectivity index (χ0) is 22.4. The molecule has 3 rings (SSSR count). The smallest absolute Gasteiger partial charge is 0.390 e. The first-order valence-corrected chi connectivity index (χ1v) is 9.41. The Labute approximate surface area is 170 Å². The Morgan fingerprint density at radius 2 is 1.43 bits per heavy atom. The highest BCUT2D eigenvalue weighted by atomic mass is 19.4. The topological polar surface area (TPSA) is 29.5 Å². The molecule has 30 heavy (non-hydrogen) atoms. The van der Waals surface area contributed by atoms with Crippen LogP contribution in [-0.2, 0) is 22.5 Å². The number of rotatable bonds is 5. The van der Waals surface area contributed by atoms with Gasteiger partial charge in [0, 0.05) is 5.41 Å². The molecule has 0 amide bonds. The highest BCUT2D eigenvalue weighted by molar-refractivity contribution is 5.35. The number of alkyl halides is 6. The SMILES string of the molecule is CC(OCC1(c2ccccc2)CC(C)(O)C1)c1cc(C(F)(F)F)cc(C(F)(F)F)c1. The largest absolute Gasteiger partial charge is 0.416 e. The van der Waals surface area contributed by atoms with E-state index in [0.29, 0.717) is 25.0 Å². The van der Waals surface area contributed by atoms with Crippen LogP contribution in [0.15, 0.2) is 48.5 Å². The first-order chi connectivity index (χ1) is 13.7. The summed E-state index contributed by atoms with van der Waals surface area (Å²) in [4.78, 5) is 0. The molecule has 0 heterocycles. The Kier molecular flexibility index (Phi) is 5.71. The molecule has 2 aromatic carbocycles. The second-order valence-electron chi connectivity index (χ2n) is 8.29. The van der Waals surface area contributed by atoms with E-state index < -0.39 is 40.6 Å². The Balaban J connectivity index is 1.85. The van der Waals surface area contributed by atoms with Crippen molar-refractivity contribution in [1.29, 1.82) is 0 Å². The fraction of sp³-hybridized carbons (Fsp3) is 0.455. The van der Waals surface area contributed by atoms with Gasteiger partial charge >= 0.3 is 12.4 Å². The molecule has 1 fully saturated rings. The van der Waals surface area contributed by atoms with Crippen LogP contribution in [0.1, 0.15) is 55.0 Å². The third kappa shape index (κ3) is 4.81. The van der Waals surface area contributed by atoms with Crippen LogP contribution in [0.25, 0.3) is 0 Å². The minimum Gasteiger partial charge on any atom is -0.390 e. The van der Waals surface area contributed by atoms with Gasteiger partial charge in [-0.05, 0) is 56.0 Å². The van der Waals surface area contributed by atoms with Gasteiger partial charge in [0.25, 0.3) is 0 Å². The first-order valence-electron chi connectivity index (χ1n) is 9.41. The van der Waals surface area contributed by atoms with E-state index >= 15 is 0 Å². The minimum absolute atomic E-state index is 0.0614. The number of aliphatic hydroxyl groups is 1. The molecule has 1 aliphatic rings. The van der Waals surface area contributed by atoms with Gasteiger partial charge in [0.05, 0.1) is 29.4 Å². The summed E-state index contributed by atoms with van der Waals surface area (Å²) in [5, 5.41) is 10.2. The van der Waals surface area contributed by atoms with Crippen LogP contribution in [0.4, 0.5) is 26.3 Å². The van der Waals surface area contributed by atoms with Gasteiger partial charge < -0.3 is 9.84 Å². The van der Waals surface area contributed by atoms with E-state index in [1.807, 2.05) is 30.3 Å². The summed E-state index contributed by atoms with van der Waals surface area (Å²) in [7, 11) is 0. The average molecular weight is 432 g/mol. The van der Waals surface area contributed by atoms with Crippen LogP contribution in [0.2, 0.25) is 0 Å². The lowest BCUT2D eigenvalue weighted by Gasteiger charge is -2.52. The normalized spacial score (nSPS) is 25.6. The molecule has 1 atom stereocenters. The van der Waals surface area contributed by atoms with Crippen molar-refractivity contribution in [3.63, 3.8) is 0 Å². The van der Waals surface area contributed by atoms with Gasteiger partial charge in [-0.3, -0.25) is 0 Å². The summed E-state index contributed by atoms with van der Waals surface area (Å²) in [6.07, 6.45) is -10.1. The number of ether oxygens (including phenoxy) is 1. The van der Waals surface area contributed by atoms with E-state index in [0.717, 1.165) is 5.56 Å². The van der Waals surface area contributed by atoms with Crippen molar-refractivity contribution in [1.82, 2.24) is 0 Å². The van der Waals surface area contributed by atoms with Gasteiger partial charge in [-0.15, -0.1) is 0 Å². The maximum atomic E-state index is 13.1. The number of hydrogen-bond acceptors (Lipinski definition) is 2. The second kappa shape index (κ2) is 7.57. The number of benzene rings is 2. The van der Waals surface area contributed by atoms with Crippen molar-refractivity contribution < 1.29 is 36.2 Å². The molecular weight excluding hydrogens is 410 g/mol. The Morgan fingerprint density at radius 1 is 0.933 bits per heavy atom. The highest BCUT2D eigenvalue weighted by Crippen LogP contribution is 2.51. The van der Waals surface area contributed by atoms with Crippen molar-refractivity contribution in [2.45, 2.75) is 56.2 Å². The predicted molar refractivity (Wildman–Crippen MR) is 98.8 cm³/mol. The predicted octanol–water partition coefficient (Wildman–Crippen LogP) is 6.28. The maximum Gasteiger partial charge on any atom is 0.416 e. The molecule has 0 radical (unpaired) electrons. The van der Waals surface area contributed by atoms with E-state index in [9.17, 15) is 31.4 Å². The van der Waals surface area contributed by atoms with Crippen LogP contribution in [0, 0.1) is 0 Å². The van der Waals surface area contributed by atoms with Crippen molar-refractivity contribution in [2.24, 2.45) is 0 Å². The molecule has 0 aromatic heterocycles. The van der Waals surface area contributed by atoms with Gasteiger partial charge in [-0.2, -0.15) is 26.3 Å². The molecule has 1 N–H and O–H groups in total. The third-order valence-electron chi connectivity index (χ3n) is 5.51. The summed E-state index contributed by atoms with van der Waals surface area (Å²) < 4.78 is 84.4. The summed E-state index contributed by atoms with van der Waals surface area (Å²) in [6, 6.07) is 10.7. The van der Waals surface area contributed by atoms with Crippen LogP contribution < -0.4 is 0 Å². The molecule has 1 unspecified atom stereocenters. The van der Waals surface area contributed by atoms with Gasteiger partial charge in [-0.1, -0.05) is 30.3 Å². The fourth-order valence-corrected chi connectivity index (χ4v) is 4.18. The molecule has 0 saturated heterocycles. The molecule has 1 aliphatic carbocycles. The van der Waals surface area contributed by atoms with E-state index in [1.54, 1.807) is 6.92 Å². The van der Waals surface area contributed by atoms with Crippen LogP contribution in [0.3, 0.4) is 0 Å². The minimum atomic E-state index is -4.91. The van der Waals surface area contributed by atoms with Crippen LogP contribution >= 0.6 is 0 Å². The van der Waals surface area contributed by atoms with Crippen molar-refractivity contribution in [2.75, 3.05) is 6.61 Å². The Hall–Kier alpha value is -2.06. The van der Waals surface area contributed by atoms with E-state index in [2.05, 4.69) is 0 Å². The van der Waals surface area contributed by atoms with Crippen molar-refractivity contribution in [3.05, 3.63) is 70.8 Å². The standard InChI is InChI=1S/C22H22F6O2/c1-14(15-8-17(21(23,24)25)10-18(9-15)22(26,27)28)30-13-20(11-19(2,29)12-20)16-6-4-3-5-7-16/h3-10,14,29H,11-13H2,1-2H3. The molecule has 2 nitrogen and oxygen atoms in total. The molecule has 0 aliphatic heterocycles. The summed E-state index contributed by atoms with van der Waals surface area (Å²) >= 11 is 0. The number of halogens is 6. The second-order valence-corrected chi connectivity index (χ2v) is 8.29. The Morgan fingerprint density at radius 3 is 1.87 bits per heavy atom. The quantitative estimate of drug-likeness (QED) is 0.563. The zero-order valence-corrected chi connectivity index (χ0v) is 16.4. The zero-order valence-electron chi connectivity index (χ0n) is 16.4. The lowest BCUT2D eigenvalue weighted by Crippen LogP contribution is -2.55. The van der Waals surface area contributed by atoms with Crippen LogP contribution in [-0.4, -0.2) is 17.3 Å². The van der Waals surface area contributed by atoms with Crippen molar-refractivity contribution >= 4 is 0 Å². The Bertz CT molecular complexity index is 846. The molecule has 8 heteroatoms. The lowest BCUT2D eigenvalue weighted by molar-refractivity contribution is -0.143. The maximum absolute atomic E-state index is 13.1. The molecule has 164 valence electrons. The van der Waals surface area contributed by atoms with Gasteiger partial charge in [0.15, 0.2) is 0 Å². The summed E-state index contributed by atoms with van der Waals surface area (Å²) in [5.74, 6) is 0. The van der Waals surface area contributed by atoms with E-state index in [-0.39, 0.29) is 18.2 Å². The lowest BCUT2D eigenvalue weighted by atomic mass is 9.57. The van der Waals surface area contributed by atoms with Gasteiger partial charge in [0.1, 0.15) is 0 Å². The first kappa shape index (κ1) is 22.6. The van der Waals surface area contributed by atoms with Crippen molar-refractivity contribution in [3.8, 4) is 0 Å². The van der Waals surface area contributed by atoms with E-state index in [4.69, 9.17) is 4.74 Å². The molecule has 0 bridgehead atoms. The molecule has 0 spiro atoms. The van der Waals surface area contributed by atoms with Gasteiger partial charge in [0.2, 0.25) is 0 Å². The monoisotopic (exact) mass is 432 g/mol. The fourth-order valence-electron chi connectivity index (χ4n) is 4.18. The summed E-state index contributed by atoms with van der Waals surface area (Å²) in [5.41, 5.74) is -3.48. The molecular formula is C22H22F6O2. The average Bonchev–Trinajstić information content (AvgIpc) is 2.63.